The highest BCUT2D eigenvalue weighted by atomic mass is 32.1. The van der Waals surface area contributed by atoms with Crippen LogP contribution in [0.4, 0.5) is 10.8 Å². The van der Waals surface area contributed by atoms with E-state index in [4.69, 9.17) is 0 Å². The van der Waals surface area contributed by atoms with E-state index < -0.39 is 0 Å². The van der Waals surface area contributed by atoms with Crippen molar-refractivity contribution in [1.29, 1.82) is 0 Å². The number of nitrogens with one attached hydrogen (secondary N) is 1. The SMILES string of the molecule is CN(C)Cc1csc(NC(=O)c2ccc(N(C)C)cc2)n1. The standard InChI is InChI=1S/C15H20N4OS/c1-18(2)9-12-10-21-15(16-12)17-14(20)11-5-7-13(8-6-11)19(3)4/h5-8,10H,9H2,1-4H3,(H,16,17,20). The van der Waals surface area contributed by atoms with Crippen molar-refractivity contribution in [3.05, 3.63) is 40.9 Å². The van der Waals surface area contributed by atoms with Crippen LogP contribution in [0.3, 0.4) is 0 Å². The molecular formula is C15H20N4OS. The van der Waals surface area contributed by atoms with Gasteiger partial charge in [-0.2, -0.15) is 0 Å². The summed E-state index contributed by atoms with van der Waals surface area (Å²) in [5.74, 6) is -0.133. The van der Waals surface area contributed by atoms with Crippen molar-refractivity contribution in [3.63, 3.8) is 0 Å². The summed E-state index contributed by atoms with van der Waals surface area (Å²) >= 11 is 1.44. The lowest BCUT2D eigenvalue weighted by Gasteiger charge is -2.12. The summed E-state index contributed by atoms with van der Waals surface area (Å²) in [5, 5.41) is 5.43. The van der Waals surface area contributed by atoms with Crippen LogP contribution in [0.25, 0.3) is 0 Å². The first kappa shape index (κ1) is 15.5. The molecule has 0 spiro atoms. The highest BCUT2D eigenvalue weighted by molar-refractivity contribution is 7.13. The van der Waals surface area contributed by atoms with Gasteiger partial charge >= 0.3 is 0 Å². The highest BCUT2D eigenvalue weighted by Crippen LogP contribution is 2.18. The molecule has 1 aromatic carbocycles. The number of rotatable bonds is 5. The Morgan fingerprint density at radius 3 is 2.43 bits per heavy atom. The molecule has 0 saturated heterocycles. The van der Waals surface area contributed by atoms with Gasteiger partial charge in [-0.3, -0.25) is 10.1 Å². The Hall–Kier alpha value is -1.92. The lowest BCUT2D eigenvalue weighted by Crippen LogP contribution is -2.14. The van der Waals surface area contributed by atoms with Crippen molar-refractivity contribution < 1.29 is 4.79 Å². The third-order valence-corrected chi connectivity index (χ3v) is 3.70. The number of hydrogen-bond donors (Lipinski definition) is 1. The van der Waals surface area contributed by atoms with E-state index in [0.29, 0.717) is 10.7 Å². The molecule has 1 heterocycles. The van der Waals surface area contributed by atoms with E-state index in [1.807, 2.05) is 67.6 Å². The van der Waals surface area contributed by atoms with Crippen LogP contribution < -0.4 is 10.2 Å². The van der Waals surface area contributed by atoms with Gasteiger partial charge in [-0.05, 0) is 38.4 Å². The van der Waals surface area contributed by atoms with Crippen molar-refractivity contribution in [2.75, 3.05) is 38.4 Å². The van der Waals surface area contributed by atoms with E-state index in [1.165, 1.54) is 11.3 Å². The number of aromatic nitrogens is 1. The maximum absolute atomic E-state index is 12.2. The maximum Gasteiger partial charge on any atom is 0.257 e. The minimum absolute atomic E-state index is 0.133. The largest absolute Gasteiger partial charge is 0.378 e. The predicted molar refractivity (Wildman–Crippen MR) is 88.2 cm³/mol. The Morgan fingerprint density at radius 1 is 1.19 bits per heavy atom. The molecule has 0 saturated carbocycles. The minimum atomic E-state index is -0.133. The summed E-state index contributed by atoms with van der Waals surface area (Å²) in [6.45, 7) is 0.768. The quantitative estimate of drug-likeness (QED) is 0.922. The smallest absolute Gasteiger partial charge is 0.257 e. The van der Waals surface area contributed by atoms with Gasteiger partial charge in [0, 0.05) is 37.3 Å². The van der Waals surface area contributed by atoms with Gasteiger partial charge in [-0.15, -0.1) is 11.3 Å². The summed E-state index contributed by atoms with van der Waals surface area (Å²) < 4.78 is 0. The molecule has 0 aliphatic rings. The van der Waals surface area contributed by atoms with Crippen LogP contribution in [0.5, 0.6) is 0 Å². The van der Waals surface area contributed by atoms with Crippen molar-refractivity contribution >= 4 is 28.1 Å². The third-order valence-electron chi connectivity index (χ3n) is 2.90. The molecule has 0 fully saturated rings. The lowest BCUT2D eigenvalue weighted by atomic mass is 10.2. The fourth-order valence-corrected chi connectivity index (χ4v) is 2.54. The van der Waals surface area contributed by atoms with E-state index in [2.05, 4.69) is 10.3 Å². The molecule has 2 aromatic rings. The molecule has 5 nitrogen and oxygen atoms in total. The summed E-state index contributed by atoms with van der Waals surface area (Å²) in [7, 11) is 7.92. The zero-order valence-electron chi connectivity index (χ0n) is 12.8. The first-order valence-corrected chi connectivity index (χ1v) is 7.51. The van der Waals surface area contributed by atoms with Crippen molar-refractivity contribution in [2.24, 2.45) is 0 Å². The van der Waals surface area contributed by atoms with Gasteiger partial charge < -0.3 is 9.80 Å². The zero-order valence-corrected chi connectivity index (χ0v) is 13.6. The van der Waals surface area contributed by atoms with Gasteiger partial charge in [0.25, 0.3) is 5.91 Å². The topological polar surface area (TPSA) is 48.5 Å². The molecule has 0 bridgehead atoms. The van der Waals surface area contributed by atoms with Crippen LogP contribution >= 0.6 is 11.3 Å². The molecule has 0 aliphatic heterocycles. The molecule has 2 rings (SSSR count). The number of thiazole rings is 1. The van der Waals surface area contributed by atoms with Crippen LogP contribution in [0.15, 0.2) is 29.6 Å². The van der Waals surface area contributed by atoms with Crippen LogP contribution in [-0.2, 0) is 6.54 Å². The Labute approximate surface area is 129 Å². The number of amides is 1. The summed E-state index contributed by atoms with van der Waals surface area (Å²) in [6, 6.07) is 7.49. The first-order chi connectivity index (χ1) is 9.95. The van der Waals surface area contributed by atoms with Gasteiger partial charge in [0.15, 0.2) is 5.13 Å². The number of nitrogens with zero attached hydrogens (tertiary/aromatic N) is 3. The number of benzene rings is 1. The van der Waals surface area contributed by atoms with E-state index in [-0.39, 0.29) is 5.91 Å². The second kappa shape index (κ2) is 6.69. The molecule has 1 amide bonds. The molecular weight excluding hydrogens is 284 g/mol. The maximum atomic E-state index is 12.2. The van der Waals surface area contributed by atoms with Gasteiger partial charge in [0.2, 0.25) is 0 Å². The van der Waals surface area contributed by atoms with E-state index >= 15 is 0 Å². The van der Waals surface area contributed by atoms with Gasteiger partial charge in [-0.1, -0.05) is 0 Å². The van der Waals surface area contributed by atoms with E-state index in [9.17, 15) is 4.79 Å². The van der Waals surface area contributed by atoms with E-state index in [0.717, 1.165) is 17.9 Å². The Bertz CT molecular complexity index is 604. The summed E-state index contributed by atoms with van der Waals surface area (Å²) in [6.07, 6.45) is 0. The number of hydrogen-bond acceptors (Lipinski definition) is 5. The van der Waals surface area contributed by atoms with Crippen LogP contribution in [0.1, 0.15) is 16.1 Å². The number of anilines is 2. The van der Waals surface area contributed by atoms with Crippen molar-refractivity contribution in [3.8, 4) is 0 Å². The monoisotopic (exact) mass is 304 g/mol. The molecule has 0 radical (unpaired) electrons. The minimum Gasteiger partial charge on any atom is -0.378 e. The van der Waals surface area contributed by atoms with Gasteiger partial charge in [-0.25, -0.2) is 4.98 Å². The summed E-state index contributed by atoms with van der Waals surface area (Å²) in [5.41, 5.74) is 2.65. The second-order valence-corrected chi connectivity index (χ2v) is 6.14. The predicted octanol–water partition coefficient (Wildman–Crippen LogP) is 2.52. The fourth-order valence-electron chi connectivity index (χ4n) is 1.84. The Morgan fingerprint density at radius 2 is 1.86 bits per heavy atom. The normalized spacial score (nSPS) is 10.7. The van der Waals surface area contributed by atoms with Crippen LogP contribution in [0.2, 0.25) is 0 Å². The first-order valence-electron chi connectivity index (χ1n) is 6.63. The molecule has 1 N–H and O–H groups in total. The van der Waals surface area contributed by atoms with Crippen LogP contribution in [0, 0.1) is 0 Å². The zero-order chi connectivity index (χ0) is 15.4. The molecule has 0 atom stereocenters. The average Bonchev–Trinajstić information content (AvgIpc) is 2.85. The molecule has 0 aliphatic carbocycles. The van der Waals surface area contributed by atoms with Crippen molar-refractivity contribution in [2.45, 2.75) is 6.54 Å². The third kappa shape index (κ3) is 4.27. The highest BCUT2D eigenvalue weighted by Gasteiger charge is 2.09. The Balaban J connectivity index is 2.02. The number of carbonyl (C=O) groups is 1. The van der Waals surface area contributed by atoms with E-state index in [1.54, 1.807) is 0 Å². The molecule has 6 heteroatoms. The average molecular weight is 304 g/mol. The molecule has 1 aromatic heterocycles. The molecule has 0 unspecified atom stereocenters. The fraction of sp³-hybridized carbons (Fsp3) is 0.333. The molecule has 112 valence electrons. The lowest BCUT2D eigenvalue weighted by molar-refractivity contribution is 0.102. The van der Waals surface area contributed by atoms with Crippen LogP contribution in [-0.4, -0.2) is 44.0 Å². The molecule has 21 heavy (non-hydrogen) atoms. The van der Waals surface area contributed by atoms with Gasteiger partial charge in [0.05, 0.1) is 5.69 Å². The Kier molecular flexibility index (Phi) is 4.93. The van der Waals surface area contributed by atoms with Gasteiger partial charge in [0.1, 0.15) is 0 Å². The van der Waals surface area contributed by atoms with Crippen molar-refractivity contribution in [1.82, 2.24) is 9.88 Å². The number of carbonyl (C=O) groups excluding carboxylic acids is 1. The second-order valence-electron chi connectivity index (χ2n) is 5.28. The summed E-state index contributed by atoms with van der Waals surface area (Å²) in [4.78, 5) is 20.6.